The number of nitrogens with zero attached hydrogens (tertiary/aromatic N) is 1. The summed E-state index contributed by atoms with van der Waals surface area (Å²) >= 11 is 0. The topological polar surface area (TPSA) is 37.0 Å². The van der Waals surface area contributed by atoms with E-state index in [2.05, 4.69) is 22.5 Å². The summed E-state index contributed by atoms with van der Waals surface area (Å²) < 4.78 is 27.1. The Morgan fingerprint density at radius 1 is 1.16 bits per heavy atom. The minimum Gasteiger partial charge on any atom is -0.368 e. The molecule has 1 aromatic rings. The molecule has 0 unspecified atom stereocenters. The van der Waals surface area contributed by atoms with Gasteiger partial charge in [0.1, 0.15) is 0 Å². The quantitative estimate of drug-likeness (QED) is 0.791. The zero-order valence-corrected chi connectivity index (χ0v) is 11.5. The van der Waals surface area contributed by atoms with Gasteiger partial charge in [-0.05, 0) is 31.6 Å². The van der Waals surface area contributed by atoms with E-state index in [1.165, 1.54) is 12.8 Å². The summed E-state index contributed by atoms with van der Waals surface area (Å²) in [5.41, 5.74) is 0.301. The van der Waals surface area contributed by atoms with Crippen molar-refractivity contribution in [3.8, 4) is 0 Å². The van der Waals surface area contributed by atoms with E-state index < -0.39 is 11.6 Å². The molecule has 1 fully saturated rings. The molecule has 2 N–H and O–H groups in total. The van der Waals surface area contributed by atoms with E-state index in [0.717, 1.165) is 18.9 Å². The first-order valence-corrected chi connectivity index (χ1v) is 6.94. The fourth-order valence-corrected chi connectivity index (χ4v) is 2.38. The Hall–Kier alpha value is -1.39. The van der Waals surface area contributed by atoms with Crippen LogP contribution >= 0.6 is 0 Å². The highest BCUT2D eigenvalue weighted by molar-refractivity contribution is 5.47. The molecule has 19 heavy (non-hydrogen) atoms. The largest absolute Gasteiger partial charge is 0.368 e. The lowest BCUT2D eigenvalue weighted by molar-refractivity contribution is 0.482. The first-order valence-electron chi connectivity index (χ1n) is 6.94. The van der Waals surface area contributed by atoms with Crippen LogP contribution in [0.4, 0.5) is 20.4 Å². The Labute approximate surface area is 112 Å². The van der Waals surface area contributed by atoms with Gasteiger partial charge in [-0.2, -0.15) is 0 Å². The summed E-state index contributed by atoms with van der Waals surface area (Å²) in [6, 6.07) is 0.882. The maximum atomic E-state index is 13.7. The van der Waals surface area contributed by atoms with Crippen molar-refractivity contribution in [3.05, 3.63) is 17.7 Å². The Kier molecular flexibility index (Phi) is 4.22. The third kappa shape index (κ3) is 3.33. The van der Waals surface area contributed by atoms with Gasteiger partial charge in [0.2, 0.25) is 0 Å². The second kappa shape index (κ2) is 5.72. The first-order chi connectivity index (χ1) is 9.10. The number of aromatic nitrogens is 1. The molecule has 1 saturated carbocycles. The highest BCUT2D eigenvalue weighted by Gasteiger charge is 2.41. The minimum absolute atomic E-state index is 0.103. The second-order valence-corrected chi connectivity index (χ2v) is 5.28. The average molecular weight is 269 g/mol. The molecule has 0 amide bonds. The molecule has 0 saturated heterocycles. The van der Waals surface area contributed by atoms with Crippen LogP contribution in [0.3, 0.4) is 0 Å². The zero-order chi connectivity index (χ0) is 13.9. The van der Waals surface area contributed by atoms with Crippen molar-refractivity contribution < 1.29 is 8.78 Å². The molecule has 3 nitrogen and oxygen atoms in total. The lowest BCUT2D eigenvalue weighted by Gasteiger charge is -2.16. The normalized spacial score (nSPS) is 16.2. The van der Waals surface area contributed by atoms with Crippen LogP contribution in [0.2, 0.25) is 0 Å². The third-order valence-corrected chi connectivity index (χ3v) is 3.64. The molecular weight excluding hydrogens is 248 g/mol. The second-order valence-electron chi connectivity index (χ2n) is 5.28. The molecule has 1 aliphatic carbocycles. The Morgan fingerprint density at radius 2 is 1.79 bits per heavy atom. The zero-order valence-electron chi connectivity index (χ0n) is 11.5. The van der Waals surface area contributed by atoms with Gasteiger partial charge in [0.15, 0.2) is 23.3 Å². The van der Waals surface area contributed by atoms with Gasteiger partial charge in [-0.1, -0.05) is 13.3 Å². The van der Waals surface area contributed by atoms with Gasteiger partial charge >= 0.3 is 0 Å². The number of pyridine rings is 1. The summed E-state index contributed by atoms with van der Waals surface area (Å²) in [5, 5.41) is 5.82. The predicted octanol–water partition coefficient (Wildman–Crippen LogP) is 3.78. The van der Waals surface area contributed by atoms with Crippen LogP contribution in [0.25, 0.3) is 0 Å². The molecule has 0 aromatic carbocycles. The first kappa shape index (κ1) is 14.0. The molecule has 0 aliphatic heterocycles. The molecule has 0 radical (unpaired) electrons. The summed E-state index contributed by atoms with van der Waals surface area (Å²) in [4.78, 5) is 3.98. The Bertz CT molecular complexity index is 445. The standard InChI is InChI=1S/C14H21F2N3/c1-3-5-14(6-7-14)9-18-13-11(16)8-10(15)12(19-13)17-4-2/h8H,3-7,9H2,1-2H3,(H2,17,18,19). The van der Waals surface area contributed by atoms with Crippen molar-refractivity contribution in [1.82, 2.24) is 4.98 Å². The van der Waals surface area contributed by atoms with Crippen molar-refractivity contribution in [2.24, 2.45) is 5.41 Å². The van der Waals surface area contributed by atoms with E-state index >= 15 is 0 Å². The maximum absolute atomic E-state index is 13.7. The average Bonchev–Trinajstić information content (AvgIpc) is 3.12. The van der Waals surface area contributed by atoms with E-state index in [4.69, 9.17) is 0 Å². The number of halogens is 2. The smallest absolute Gasteiger partial charge is 0.168 e. The highest BCUT2D eigenvalue weighted by atomic mass is 19.1. The Morgan fingerprint density at radius 3 is 2.32 bits per heavy atom. The predicted molar refractivity (Wildman–Crippen MR) is 73.4 cm³/mol. The summed E-state index contributed by atoms with van der Waals surface area (Å²) in [5.74, 6) is -1.04. The number of hydrogen-bond donors (Lipinski definition) is 2. The fourth-order valence-electron chi connectivity index (χ4n) is 2.38. The van der Waals surface area contributed by atoms with Crippen LogP contribution in [-0.2, 0) is 0 Å². The van der Waals surface area contributed by atoms with Crippen molar-refractivity contribution in [2.75, 3.05) is 23.7 Å². The lowest BCUT2D eigenvalue weighted by Crippen LogP contribution is -2.17. The molecule has 0 bridgehead atoms. The molecule has 1 aliphatic rings. The third-order valence-electron chi connectivity index (χ3n) is 3.64. The lowest BCUT2D eigenvalue weighted by atomic mass is 10.0. The monoisotopic (exact) mass is 269 g/mol. The van der Waals surface area contributed by atoms with E-state index in [1.54, 1.807) is 0 Å². The van der Waals surface area contributed by atoms with E-state index in [-0.39, 0.29) is 11.6 Å². The molecule has 5 heteroatoms. The highest BCUT2D eigenvalue weighted by Crippen LogP contribution is 2.49. The summed E-state index contributed by atoms with van der Waals surface area (Å²) in [6.07, 6.45) is 4.62. The minimum atomic E-state index is -0.653. The van der Waals surface area contributed by atoms with Gasteiger partial charge in [-0.15, -0.1) is 0 Å². The number of anilines is 2. The molecule has 1 heterocycles. The molecule has 0 spiro atoms. The van der Waals surface area contributed by atoms with E-state index in [9.17, 15) is 8.78 Å². The van der Waals surface area contributed by atoms with Gasteiger partial charge in [0, 0.05) is 19.2 Å². The van der Waals surface area contributed by atoms with Gasteiger partial charge in [-0.25, -0.2) is 13.8 Å². The summed E-state index contributed by atoms with van der Waals surface area (Å²) in [6.45, 7) is 5.26. The van der Waals surface area contributed by atoms with Gasteiger partial charge in [0.25, 0.3) is 0 Å². The van der Waals surface area contributed by atoms with Crippen LogP contribution in [0.1, 0.15) is 39.5 Å². The fraction of sp³-hybridized carbons (Fsp3) is 0.643. The van der Waals surface area contributed by atoms with Crippen LogP contribution < -0.4 is 10.6 Å². The SMILES string of the molecule is CCCC1(CNc2nc(NCC)c(F)cc2F)CC1. The van der Waals surface area contributed by atoms with Crippen LogP contribution in [0.5, 0.6) is 0 Å². The van der Waals surface area contributed by atoms with Crippen LogP contribution in [0.15, 0.2) is 6.07 Å². The molecular formula is C14H21F2N3. The molecule has 1 aromatic heterocycles. The maximum Gasteiger partial charge on any atom is 0.168 e. The van der Waals surface area contributed by atoms with Gasteiger partial charge < -0.3 is 10.6 Å². The van der Waals surface area contributed by atoms with Gasteiger partial charge in [0.05, 0.1) is 0 Å². The molecule has 0 atom stereocenters. The van der Waals surface area contributed by atoms with Crippen molar-refractivity contribution in [1.29, 1.82) is 0 Å². The molecule has 2 rings (SSSR count). The van der Waals surface area contributed by atoms with E-state index in [1.807, 2.05) is 6.92 Å². The van der Waals surface area contributed by atoms with Crippen LogP contribution in [0, 0.1) is 17.0 Å². The van der Waals surface area contributed by atoms with Crippen molar-refractivity contribution >= 4 is 11.6 Å². The van der Waals surface area contributed by atoms with Crippen molar-refractivity contribution in [3.63, 3.8) is 0 Å². The number of rotatable bonds is 7. The number of nitrogens with one attached hydrogen (secondary N) is 2. The van der Waals surface area contributed by atoms with E-state index in [0.29, 0.717) is 18.5 Å². The van der Waals surface area contributed by atoms with Gasteiger partial charge in [-0.3, -0.25) is 0 Å². The van der Waals surface area contributed by atoms with Crippen molar-refractivity contribution in [2.45, 2.75) is 39.5 Å². The van der Waals surface area contributed by atoms with Crippen LogP contribution in [-0.4, -0.2) is 18.1 Å². The molecule has 106 valence electrons. The Balaban J connectivity index is 2.05. The summed E-state index contributed by atoms with van der Waals surface area (Å²) in [7, 11) is 0. The number of hydrogen-bond acceptors (Lipinski definition) is 3.